The van der Waals surface area contributed by atoms with Crippen LogP contribution in [0.4, 0.5) is 8.78 Å². The molecular formula is C17H18F2N2. The standard InChI is InChI=1S/C17H18F2N2/c18-14-8-12(9-15(19)11-14)10-16(21-20)17(6-7-17)13-4-2-1-3-5-13/h1-5,8-9,11,16,21H,6-7,10,20H2. The lowest BCUT2D eigenvalue weighted by Gasteiger charge is -2.27. The average Bonchev–Trinajstić information content (AvgIpc) is 3.26. The van der Waals surface area contributed by atoms with Crippen LogP contribution in [-0.4, -0.2) is 6.04 Å². The quantitative estimate of drug-likeness (QED) is 0.655. The molecule has 1 aliphatic carbocycles. The fourth-order valence-corrected chi connectivity index (χ4v) is 3.12. The van der Waals surface area contributed by atoms with Crippen molar-refractivity contribution in [2.45, 2.75) is 30.7 Å². The first kappa shape index (κ1) is 14.2. The Bertz CT molecular complexity index is 604. The van der Waals surface area contributed by atoms with Gasteiger partial charge in [0.25, 0.3) is 0 Å². The highest BCUT2D eigenvalue weighted by molar-refractivity contribution is 5.35. The minimum absolute atomic E-state index is 0.0290. The first-order chi connectivity index (χ1) is 10.1. The summed E-state index contributed by atoms with van der Waals surface area (Å²) in [6, 6.07) is 13.7. The van der Waals surface area contributed by atoms with Crippen molar-refractivity contribution < 1.29 is 8.78 Å². The van der Waals surface area contributed by atoms with E-state index in [0.717, 1.165) is 18.9 Å². The molecule has 1 fully saturated rings. The fourth-order valence-electron chi connectivity index (χ4n) is 3.12. The Morgan fingerprint density at radius 2 is 1.67 bits per heavy atom. The Morgan fingerprint density at radius 3 is 2.19 bits per heavy atom. The Labute approximate surface area is 122 Å². The summed E-state index contributed by atoms with van der Waals surface area (Å²) in [6.07, 6.45) is 2.56. The van der Waals surface area contributed by atoms with Gasteiger partial charge in [-0.1, -0.05) is 30.3 Å². The Kier molecular flexibility index (Phi) is 3.74. The van der Waals surface area contributed by atoms with Crippen LogP contribution in [-0.2, 0) is 11.8 Å². The number of hydrazine groups is 1. The van der Waals surface area contributed by atoms with E-state index >= 15 is 0 Å². The number of hydrogen-bond donors (Lipinski definition) is 2. The van der Waals surface area contributed by atoms with Crippen LogP contribution in [0.1, 0.15) is 24.0 Å². The van der Waals surface area contributed by atoms with Crippen LogP contribution in [0.2, 0.25) is 0 Å². The number of benzene rings is 2. The summed E-state index contributed by atoms with van der Waals surface area (Å²) in [7, 11) is 0. The molecule has 2 aromatic carbocycles. The average molecular weight is 288 g/mol. The lowest BCUT2D eigenvalue weighted by molar-refractivity contribution is 0.419. The highest BCUT2D eigenvalue weighted by Crippen LogP contribution is 2.51. The van der Waals surface area contributed by atoms with E-state index in [0.29, 0.717) is 12.0 Å². The molecule has 0 bridgehead atoms. The zero-order valence-electron chi connectivity index (χ0n) is 11.7. The van der Waals surface area contributed by atoms with Crippen LogP contribution in [0.3, 0.4) is 0 Å². The van der Waals surface area contributed by atoms with Crippen molar-refractivity contribution in [1.82, 2.24) is 5.43 Å². The monoisotopic (exact) mass is 288 g/mol. The van der Waals surface area contributed by atoms with Crippen LogP contribution >= 0.6 is 0 Å². The van der Waals surface area contributed by atoms with Crippen molar-refractivity contribution in [3.05, 3.63) is 71.3 Å². The molecule has 3 rings (SSSR count). The number of hydrogen-bond acceptors (Lipinski definition) is 2. The van der Waals surface area contributed by atoms with E-state index in [1.165, 1.54) is 17.7 Å². The van der Waals surface area contributed by atoms with Crippen molar-refractivity contribution in [2.24, 2.45) is 5.84 Å². The SMILES string of the molecule is NNC(Cc1cc(F)cc(F)c1)C1(c2ccccc2)CC1. The van der Waals surface area contributed by atoms with E-state index in [1.54, 1.807) is 0 Å². The van der Waals surface area contributed by atoms with Gasteiger partial charge >= 0.3 is 0 Å². The molecule has 0 aliphatic heterocycles. The first-order valence-electron chi connectivity index (χ1n) is 7.11. The second kappa shape index (κ2) is 5.54. The van der Waals surface area contributed by atoms with Crippen molar-refractivity contribution >= 4 is 0 Å². The molecule has 21 heavy (non-hydrogen) atoms. The van der Waals surface area contributed by atoms with E-state index in [-0.39, 0.29) is 11.5 Å². The minimum Gasteiger partial charge on any atom is -0.271 e. The molecule has 2 aromatic rings. The molecule has 0 amide bonds. The smallest absolute Gasteiger partial charge is 0.126 e. The summed E-state index contributed by atoms with van der Waals surface area (Å²) < 4.78 is 26.7. The van der Waals surface area contributed by atoms with Gasteiger partial charge in [0.15, 0.2) is 0 Å². The van der Waals surface area contributed by atoms with Gasteiger partial charge in [-0.05, 0) is 42.5 Å². The predicted molar refractivity (Wildman–Crippen MR) is 78.5 cm³/mol. The molecule has 0 spiro atoms. The van der Waals surface area contributed by atoms with Crippen LogP contribution in [0.15, 0.2) is 48.5 Å². The van der Waals surface area contributed by atoms with Crippen molar-refractivity contribution in [3.8, 4) is 0 Å². The summed E-state index contributed by atoms with van der Waals surface area (Å²) in [6.45, 7) is 0. The Balaban J connectivity index is 1.86. The molecule has 1 atom stereocenters. The topological polar surface area (TPSA) is 38.0 Å². The van der Waals surface area contributed by atoms with Crippen molar-refractivity contribution in [3.63, 3.8) is 0 Å². The summed E-state index contributed by atoms with van der Waals surface area (Å²) in [4.78, 5) is 0. The van der Waals surface area contributed by atoms with Gasteiger partial charge in [-0.3, -0.25) is 11.3 Å². The predicted octanol–water partition coefficient (Wildman–Crippen LogP) is 3.07. The zero-order chi connectivity index (χ0) is 14.9. The van der Waals surface area contributed by atoms with E-state index in [1.807, 2.05) is 18.2 Å². The second-order valence-electron chi connectivity index (χ2n) is 5.72. The van der Waals surface area contributed by atoms with E-state index in [4.69, 9.17) is 5.84 Å². The van der Waals surface area contributed by atoms with Gasteiger partial charge in [-0.15, -0.1) is 0 Å². The van der Waals surface area contributed by atoms with Crippen molar-refractivity contribution in [1.29, 1.82) is 0 Å². The molecule has 1 aliphatic rings. The first-order valence-corrected chi connectivity index (χ1v) is 7.11. The highest BCUT2D eigenvalue weighted by Gasteiger charge is 2.50. The molecule has 1 saturated carbocycles. The second-order valence-corrected chi connectivity index (χ2v) is 5.72. The molecule has 0 heterocycles. The van der Waals surface area contributed by atoms with Gasteiger partial charge in [0.2, 0.25) is 0 Å². The largest absolute Gasteiger partial charge is 0.271 e. The fraction of sp³-hybridized carbons (Fsp3) is 0.294. The lowest BCUT2D eigenvalue weighted by Crippen LogP contribution is -2.45. The van der Waals surface area contributed by atoms with Gasteiger partial charge in [-0.25, -0.2) is 8.78 Å². The molecule has 0 aromatic heterocycles. The van der Waals surface area contributed by atoms with E-state index in [9.17, 15) is 8.78 Å². The normalized spacial score (nSPS) is 17.5. The summed E-state index contributed by atoms with van der Waals surface area (Å²) in [5.74, 6) is 4.62. The van der Waals surface area contributed by atoms with Gasteiger partial charge < -0.3 is 0 Å². The summed E-state index contributed by atoms with van der Waals surface area (Å²) in [5, 5.41) is 0. The molecule has 0 saturated heterocycles. The molecule has 2 nitrogen and oxygen atoms in total. The van der Waals surface area contributed by atoms with Crippen LogP contribution in [0.5, 0.6) is 0 Å². The molecule has 3 N–H and O–H groups in total. The third kappa shape index (κ3) is 2.82. The van der Waals surface area contributed by atoms with Gasteiger partial charge in [0.05, 0.1) is 0 Å². The van der Waals surface area contributed by atoms with Crippen LogP contribution in [0.25, 0.3) is 0 Å². The third-order valence-corrected chi connectivity index (χ3v) is 4.37. The number of halogens is 2. The number of nitrogens with one attached hydrogen (secondary N) is 1. The highest BCUT2D eigenvalue weighted by atomic mass is 19.1. The lowest BCUT2D eigenvalue weighted by atomic mass is 9.85. The van der Waals surface area contributed by atoms with Gasteiger partial charge in [0, 0.05) is 17.5 Å². The van der Waals surface area contributed by atoms with Gasteiger partial charge in [0.1, 0.15) is 11.6 Å². The molecule has 110 valence electrons. The summed E-state index contributed by atoms with van der Waals surface area (Å²) >= 11 is 0. The number of rotatable bonds is 5. The van der Waals surface area contributed by atoms with Crippen LogP contribution in [0, 0.1) is 11.6 Å². The molecule has 0 radical (unpaired) electrons. The Hall–Kier alpha value is -1.78. The third-order valence-electron chi connectivity index (χ3n) is 4.37. The molecule has 1 unspecified atom stereocenters. The van der Waals surface area contributed by atoms with E-state index < -0.39 is 11.6 Å². The minimum atomic E-state index is -0.551. The molecular weight excluding hydrogens is 270 g/mol. The number of nitrogens with two attached hydrogens (primary N) is 1. The zero-order valence-corrected chi connectivity index (χ0v) is 11.7. The maximum Gasteiger partial charge on any atom is 0.126 e. The van der Waals surface area contributed by atoms with E-state index in [2.05, 4.69) is 17.6 Å². The maximum absolute atomic E-state index is 13.3. The molecule has 4 heteroatoms. The van der Waals surface area contributed by atoms with Crippen LogP contribution < -0.4 is 11.3 Å². The summed E-state index contributed by atoms with van der Waals surface area (Å²) in [5.41, 5.74) is 4.67. The van der Waals surface area contributed by atoms with Crippen molar-refractivity contribution in [2.75, 3.05) is 0 Å². The van der Waals surface area contributed by atoms with Gasteiger partial charge in [-0.2, -0.15) is 0 Å². The maximum atomic E-state index is 13.3. The Morgan fingerprint density at radius 1 is 1.05 bits per heavy atom.